The monoisotopic (exact) mass is 711 g/mol. The predicted molar refractivity (Wildman–Crippen MR) is 208 cm³/mol. The molecule has 0 bridgehead atoms. The number of pyridine rings is 1. The number of aromatic amines is 1. The van der Waals surface area contributed by atoms with E-state index in [0.29, 0.717) is 53.7 Å². The molecule has 3 aliphatic heterocycles. The smallest absolute Gasteiger partial charge is 0.165 e. The molecule has 0 amide bonds. The van der Waals surface area contributed by atoms with Crippen LogP contribution in [0.4, 0.5) is 5.69 Å². The highest BCUT2D eigenvalue weighted by Gasteiger charge is 2.50. The number of hydrogen-bond acceptors (Lipinski definition) is 8. The molecule has 4 aliphatic rings. The number of hydrogen-bond donors (Lipinski definition) is 1. The minimum atomic E-state index is 0.351. The number of nitrogens with zero attached hydrogens (tertiary/aromatic N) is 4. The van der Waals surface area contributed by atoms with Crippen molar-refractivity contribution >= 4 is 23.0 Å². The van der Waals surface area contributed by atoms with Gasteiger partial charge in [0.2, 0.25) is 0 Å². The molecule has 2 aromatic heterocycles. The minimum absolute atomic E-state index is 0.351. The van der Waals surface area contributed by atoms with Gasteiger partial charge in [-0.05, 0) is 78.5 Å². The van der Waals surface area contributed by atoms with Crippen LogP contribution in [0.3, 0.4) is 0 Å². The lowest BCUT2D eigenvalue weighted by Crippen LogP contribution is -2.60. The number of aromatic nitrogens is 2. The first kappa shape index (κ1) is 33.9. The maximum atomic E-state index is 12.0. The molecular weight excluding hydrogens is 663 g/mol. The fourth-order valence-corrected chi connectivity index (χ4v) is 9.38. The van der Waals surface area contributed by atoms with Crippen molar-refractivity contribution in [2.24, 2.45) is 5.41 Å². The van der Waals surface area contributed by atoms with Gasteiger partial charge < -0.3 is 24.1 Å². The van der Waals surface area contributed by atoms with Crippen LogP contribution in [-0.4, -0.2) is 78.0 Å². The molecule has 5 aromatic rings. The van der Waals surface area contributed by atoms with Crippen molar-refractivity contribution < 1.29 is 19.0 Å². The van der Waals surface area contributed by atoms with E-state index in [2.05, 4.69) is 81.0 Å². The highest BCUT2D eigenvalue weighted by atomic mass is 16.6. The summed E-state index contributed by atoms with van der Waals surface area (Å²) in [4.78, 5) is 27.5. The van der Waals surface area contributed by atoms with Gasteiger partial charge in [-0.1, -0.05) is 50.2 Å². The quantitative estimate of drug-likeness (QED) is 0.153. The van der Waals surface area contributed by atoms with E-state index in [-0.39, 0.29) is 0 Å². The van der Waals surface area contributed by atoms with E-state index in [0.717, 1.165) is 73.8 Å². The number of piperidine rings is 1. The van der Waals surface area contributed by atoms with Crippen LogP contribution < -0.4 is 19.1 Å². The molecule has 2 saturated heterocycles. The fourth-order valence-electron chi connectivity index (χ4n) is 9.38. The number of para-hydroxylation sites is 1. The van der Waals surface area contributed by atoms with Crippen LogP contribution >= 0.6 is 0 Å². The van der Waals surface area contributed by atoms with Gasteiger partial charge in [-0.25, -0.2) is 4.98 Å². The lowest BCUT2D eigenvalue weighted by Gasteiger charge is -2.58. The zero-order valence-corrected chi connectivity index (χ0v) is 30.8. The molecule has 1 unspecified atom stereocenters. The summed E-state index contributed by atoms with van der Waals surface area (Å²) in [6.07, 6.45) is 9.29. The average Bonchev–Trinajstić information content (AvgIpc) is 3.65. The van der Waals surface area contributed by atoms with E-state index < -0.39 is 0 Å². The van der Waals surface area contributed by atoms with E-state index in [1.54, 1.807) is 6.20 Å². The Kier molecular flexibility index (Phi) is 9.08. The number of nitrogens with one attached hydrogen (secondary N) is 1. The molecule has 3 aromatic carbocycles. The van der Waals surface area contributed by atoms with Gasteiger partial charge in [-0.2, -0.15) is 0 Å². The van der Waals surface area contributed by atoms with E-state index in [9.17, 15) is 4.79 Å². The van der Waals surface area contributed by atoms with Gasteiger partial charge in [-0.3, -0.25) is 14.6 Å². The van der Waals surface area contributed by atoms with Crippen molar-refractivity contribution in [2.45, 2.75) is 64.1 Å². The summed E-state index contributed by atoms with van der Waals surface area (Å²) in [5.41, 5.74) is 7.01. The summed E-state index contributed by atoms with van der Waals surface area (Å²) < 4.78 is 18.3. The number of aldehydes is 1. The summed E-state index contributed by atoms with van der Waals surface area (Å²) in [5.74, 6) is 3.45. The highest BCUT2D eigenvalue weighted by molar-refractivity contribution is 5.81. The molecule has 3 fully saturated rings. The second kappa shape index (κ2) is 14.2. The third-order valence-electron chi connectivity index (χ3n) is 12.2. The normalized spacial score (nSPS) is 20.5. The van der Waals surface area contributed by atoms with Crippen molar-refractivity contribution in [2.75, 3.05) is 50.8 Å². The SMILES string of the molecule is CC(C)c1ccccc1C1CN(Cc2cccc3c2OCCO3)CCN1C1CC2(CCN(c3ccc(C=O)c(Oc4cnc5[nH]ccc5c4)c3)CC2)C1. The van der Waals surface area contributed by atoms with Gasteiger partial charge in [0.25, 0.3) is 0 Å². The van der Waals surface area contributed by atoms with Gasteiger partial charge in [0.15, 0.2) is 17.8 Å². The molecule has 1 spiro atoms. The molecule has 53 heavy (non-hydrogen) atoms. The van der Waals surface area contributed by atoms with Gasteiger partial charge >= 0.3 is 0 Å². The number of H-pyrrole nitrogens is 1. The van der Waals surface area contributed by atoms with Gasteiger partial charge in [0.05, 0.1) is 11.8 Å². The Balaban J connectivity index is 0.881. The molecule has 5 heterocycles. The summed E-state index contributed by atoms with van der Waals surface area (Å²) in [6, 6.07) is 26.3. The maximum absolute atomic E-state index is 12.0. The third-order valence-corrected chi connectivity index (χ3v) is 12.2. The molecular formula is C44H49N5O4. The molecule has 9 rings (SSSR count). The lowest BCUT2D eigenvalue weighted by atomic mass is 9.59. The zero-order valence-electron chi connectivity index (χ0n) is 30.8. The van der Waals surface area contributed by atoms with Crippen molar-refractivity contribution in [1.29, 1.82) is 0 Å². The third kappa shape index (κ3) is 6.65. The van der Waals surface area contributed by atoms with Gasteiger partial charge in [-0.15, -0.1) is 0 Å². The second-order valence-corrected chi connectivity index (χ2v) is 15.8. The average molecular weight is 712 g/mol. The van der Waals surface area contributed by atoms with Crippen LogP contribution in [0.5, 0.6) is 23.0 Å². The molecule has 1 saturated carbocycles. The number of rotatable bonds is 9. The zero-order chi connectivity index (χ0) is 35.9. The van der Waals surface area contributed by atoms with Crippen LogP contribution in [0.2, 0.25) is 0 Å². The van der Waals surface area contributed by atoms with E-state index in [1.807, 2.05) is 36.5 Å². The van der Waals surface area contributed by atoms with Crippen LogP contribution in [0.25, 0.3) is 11.0 Å². The first-order valence-corrected chi connectivity index (χ1v) is 19.3. The predicted octanol–water partition coefficient (Wildman–Crippen LogP) is 8.37. The fraction of sp³-hybridized carbons (Fsp3) is 0.409. The minimum Gasteiger partial charge on any atom is -0.486 e. The van der Waals surface area contributed by atoms with Gasteiger partial charge in [0, 0.05) is 80.3 Å². The lowest BCUT2D eigenvalue weighted by molar-refractivity contribution is -0.0629. The van der Waals surface area contributed by atoms with E-state index in [4.69, 9.17) is 14.2 Å². The molecule has 9 heteroatoms. The van der Waals surface area contributed by atoms with Gasteiger partial charge in [0.1, 0.15) is 30.4 Å². The number of ether oxygens (including phenoxy) is 3. The van der Waals surface area contributed by atoms with Crippen molar-refractivity contribution in [3.63, 3.8) is 0 Å². The largest absolute Gasteiger partial charge is 0.486 e. The number of anilines is 1. The Morgan fingerprint density at radius 3 is 2.66 bits per heavy atom. The number of carbonyl (C=O) groups excluding carboxylic acids is 1. The summed E-state index contributed by atoms with van der Waals surface area (Å²) in [6.45, 7) is 11.8. The number of benzene rings is 3. The number of carbonyl (C=O) groups is 1. The summed E-state index contributed by atoms with van der Waals surface area (Å²) in [7, 11) is 0. The number of piperazine rings is 1. The Labute approximate surface area is 311 Å². The first-order chi connectivity index (χ1) is 25.9. The Hall–Kier alpha value is -4.86. The molecule has 9 nitrogen and oxygen atoms in total. The Bertz CT molecular complexity index is 2090. The molecule has 274 valence electrons. The Morgan fingerprint density at radius 1 is 0.962 bits per heavy atom. The molecule has 1 aliphatic carbocycles. The van der Waals surface area contributed by atoms with Crippen LogP contribution in [0.1, 0.15) is 78.5 Å². The molecule has 1 N–H and O–H groups in total. The van der Waals surface area contributed by atoms with Crippen LogP contribution in [-0.2, 0) is 6.54 Å². The van der Waals surface area contributed by atoms with Crippen molar-refractivity contribution in [3.8, 4) is 23.0 Å². The first-order valence-electron chi connectivity index (χ1n) is 19.3. The molecule has 0 radical (unpaired) electrons. The standard InChI is InChI=1S/C44H49N5O4/c1-30(2)37-7-3-4-8-38(37)39-28-47(27-32-6-5-9-40-42(32)52-21-20-51-40)18-19-49(39)35-24-44(25-35)13-16-48(17-14-44)34-11-10-33(29-50)41(23-34)53-36-22-31-12-15-45-43(31)46-26-36/h3-12,15,22-23,26,29-30,35,39H,13-14,16-21,24-25,27-28H2,1-2H3,(H,45,46). The topological polar surface area (TPSA) is 83.2 Å². The Morgan fingerprint density at radius 2 is 1.81 bits per heavy atom. The van der Waals surface area contributed by atoms with Crippen molar-refractivity contribution in [3.05, 3.63) is 107 Å². The molecule has 1 atom stereocenters. The summed E-state index contributed by atoms with van der Waals surface area (Å²) >= 11 is 0. The van der Waals surface area contributed by atoms with E-state index in [1.165, 1.54) is 42.4 Å². The maximum Gasteiger partial charge on any atom is 0.165 e. The van der Waals surface area contributed by atoms with Crippen LogP contribution in [0, 0.1) is 5.41 Å². The van der Waals surface area contributed by atoms with Crippen LogP contribution in [0.15, 0.2) is 85.2 Å². The highest BCUT2D eigenvalue weighted by Crippen LogP contribution is 2.53. The van der Waals surface area contributed by atoms with Crippen molar-refractivity contribution in [1.82, 2.24) is 19.8 Å². The van der Waals surface area contributed by atoms with E-state index >= 15 is 0 Å². The second-order valence-electron chi connectivity index (χ2n) is 15.8. The summed E-state index contributed by atoms with van der Waals surface area (Å²) in [5, 5.41) is 0.972. The number of fused-ring (bicyclic) bond motifs is 2.